The quantitative estimate of drug-likeness (QED) is 0.672. The maximum Gasteiger partial charge on any atom is 0.332 e. The van der Waals surface area contributed by atoms with Crippen molar-refractivity contribution < 1.29 is 4.74 Å². The van der Waals surface area contributed by atoms with E-state index in [0.717, 1.165) is 25.1 Å². The monoisotopic (exact) mass is 333 g/mol. The standard InChI is InChI=1S/C16H23N5O3/c1-5-6-7-19-11(2)10-21-12-13(17-15(19)21)18(3)16(23)20(14(12)22)8-9-24-4/h10H,5-9H2,1-4H3. The second kappa shape index (κ2) is 6.27. The van der Waals surface area contributed by atoms with Crippen molar-refractivity contribution >= 4 is 16.9 Å². The van der Waals surface area contributed by atoms with Gasteiger partial charge in [0.1, 0.15) is 0 Å². The number of methoxy groups -OCH3 is 1. The summed E-state index contributed by atoms with van der Waals surface area (Å²) in [4.78, 5) is 29.9. The third kappa shape index (κ3) is 2.37. The molecule has 0 unspecified atom stereocenters. The van der Waals surface area contributed by atoms with Crippen LogP contribution in [0, 0.1) is 6.92 Å². The van der Waals surface area contributed by atoms with Crippen LogP contribution in [0.15, 0.2) is 15.8 Å². The fourth-order valence-electron chi connectivity index (χ4n) is 3.03. The van der Waals surface area contributed by atoms with Gasteiger partial charge in [-0.3, -0.25) is 18.3 Å². The highest BCUT2D eigenvalue weighted by atomic mass is 16.5. The maximum absolute atomic E-state index is 12.8. The molecule has 0 atom stereocenters. The molecule has 8 heteroatoms. The van der Waals surface area contributed by atoms with Gasteiger partial charge in [-0.15, -0.1) is 0 Å². The van der Waals surface area contributed by atoms with Gasteiger partial charge in [0.25, 0.3) is 5.56 Å². The smallest absolute Gasteiger partial charge is 0.332 e. The normalized spacial score (nSPS) is 11.8. The van der Waals surface area contributed by atoms with E-state index in [1.54, 1.807) is 18.6 Å². The third-order valence-corrected chi connectivity index (χ3v) is 4.39. The number of aryl methyl sites for hydroxylation is 3. The zero-order chi connectivity index (χ0) is 17.4. The van der Waals surface area contributed by atoms with Crippen LogP contribution in [-0.2, 0) is 24.9 Å². The molecule has 0 amide bonds. The summed E-state index contributed by atoms with van der Waals surface area (Å²) in [5, 5.41) is 0. The largest absolute Gasteiger partial charge is 0.383 e. The summed E-state index contributed by atoms with van der Waals surface area (Å²) in [5.74, 6) is 0.701. The fourth-order valence-corrected chi connectivity index (χ4v) is 3.03. The first-order valence-electron chi connectivity index (χ1n) is 8.17. The zero-order valence-electron chi connectivity index (χ0n) is 14.6. The molecule has 8 nitrogen and oxygen atoms in total. The summed E-state index contributed by atoms with van der Waals surface area (Å²) >= 11 is 0. The lowest BCUT2D eigenvalue weighted by Gasteiger charge is -2.07. The molecule has 0 aliphatic rings. The summed E-state index contributed by atoms with van der Waals surface area (Å²) in [6.07, 6.45) is 4.02. The van der Waals surface area contributed by atoms with Crippen LogP contribution >= 0.6 is 0 Å². The van der Waals surface area contributed by atoms with Crippen molar-refractivity contribution in [1.82, 2.24) is 23.1 Å². The Balaban J connectivity index is 2.33. The highest BCUT2D eigenvalue weighted by molar-refractivity contribution is 5.75. The molecule has 0 bridgehead atoms. The van der Waals surface area contributed by atoms with Gasteiger partial charge in [0, 0.05) is 32.6 Å². The van der Waals surface area contributed by atoms with Gasteiger partial charge in [-0.25, -0.2) is 4.79 Å². The molecule has 0 aromatic carbocycles. The summed E-state index contributed by atoms with van der Waals surface area (Å²) in [6, 6.07) is 0. The maximum atomic E-state index is 12.8. The number of rotatable bonds is 6. The molecule has 24 heavy (non-hydrogen) atoms. The first-order chi connectivity index (χ1) is 11.5. The lowest BCUT2D eigenvalue weighted by Crippen LogP contribution is -2.40. The van der Waals surface area contributed by atoms with Crippen molar-refractivity contribution in [1.29, 1.82) is 0 Å². The minimum absolute atomic E-state index is 0.223. The fraction of sp³-hybridized carbons (Fsp3) is 0.562. The number of ether oxygens (including phenoxy) is 1. The molecular weight excluding hydrogens is 310 g/mol. The molecule has 0 fully saturated rings. The highest BCUT2D eigenvalue weighted by Gasteiger charge is 2.19. The minimum Gasteiger partial charge on any atom is -0.383 e. The van der Waals surface area contributed by atoms with Gasteiger partial charge in [0.15, 0.2) is 11.2 Å². The number of hydrogen-bond donors (Lipinski definition) is 0. The van der Waals surface area contributed by atoms with E-state index in [1.165, 1.54) is 9.13 Å². The van der Waals surface area contributed by atoms with Crippen LogP contribution in [0.1, 0.15) is 25.5 Å². The first kappa shape index (κ1) is 16.5. The molecule has 0 saturated heterocycles. The Labute approximate surface area is 138 Å². The zero-order valence-corrected chi connectivity index (χ0v) is 14.6. The summed E-state index contributed by atoms with van der Waals surface area (Å²) in [6.45, 7) is 5.51. The molecule has 3 aromatic heterocycles. The van der Waals surface area contributed by atoms with Crippen LogP contribution in [-0.4, -0.2) is 36.8 Å². The predicted octanol–water partition coefficient (Wildman–Crippen LogP) is 0.904. The molecule has 3 heterocycles. The highest BCUT2D eigenvalue weighted by Crippen LogP contribution is 2.16. The van der Waals surface area contributed by atoms with Gasteiger partial charge >= 0.3 is 5.69 Å². The van der Waals surface area contributed by atoms with Gasteiger partial charge in [0.2, 0.25) is 5.78 Å². The Bertz CT molecular complexity index is 1000. The third-order valence-electron chi connectivity index (χ3n) is 4.39. The molecule has 0 radical (unpaired) electrons. The molecular formula is C16H23N5O3. The number of imidazole rings is 2. The topological polar surface area (TPSA) is 75.5 Å². The van der Waals surface area contributed by atoms with Crippen LogP contribution in [0.2, 0.25) is 0 Å². The van der Waals surface area contributed by atoms with E-state index < -0.39 is 0 Å². The van der Waals surface area contributed by atoms with E-state index in [0.29, 0.717) is 23.5 Å². The molecule has 0 saturated carbocycles. The molecule has 3 aromatic rings. The van der Waals surface area contributed by atoms with Gasteiger partial charge in [-0.2, -0.15) is 4.98 Å². The summed E-state index contributed by atoms with van der Waals surface area (Å²) in [7, 11) is 3.19. The second-order valence-corrected chi connectivity index (χ2v) is 6.02. The Morgan fingerprint density at radius 3 is 2.62 bits per heavy atom. The molecule has 130 valence electrons. The molecule has 3 rings (SSSR count). The van der Waals surface area contributed by atoms with Gasteiger partial charge < -0.3 is 9.30 Å². The minimum atomic E-state index is -0.373. The van der Waals surface area contributed by atoms with Crippen molar-refractivity contribution in [2.24, 2.45) is 7.05 Å². The Morgan fingerprint density at radius 1 is 1.21 bits per heavy atom. The second-order valence-electron chi connectivity index (χ2n) is 6.02. The summed E-state index contributed by atoms with van der Waals surface area (Å²) in [5.41, 5.74) is 1.19. The van der Waals surface area contributed by atoms with Crippen LogP contribution in [0.3, 0.4) is 0 Å². The van der Waals surface area contributed by atoms with Crippen molar-refractivity contribution in [2.75, 3.05) is 13.7 Å². The van der Waals surface area contributed by atoms with E-state index in [9.17, 15) is 9.59 Å². The van der Waals surface area contributed by atoms with E-state index >= 15 is 0 Å². The van der Waals surface area contributed by atoms with E-state index in [4.69, 9.17) is 4.74 Å². The van der Waals surface area contributed by atoms with Crippen LogP contribution in [0.25, 0.3) is 16.9 Å². The van der Waals surface area contributed by atoms with Gasteiger partial charge in [-0.1, -0.05) is 13.3 Å². The lowest BCUT2D eigenvalue weighted by atomic mass is 10.3. The van der Waals surface area contributed by atoms with E-state index in [1.807, 2.05) is 13.1 Å². The van der Waals surface area contributed by atoms with Crippen LogP contribution < -0.4 is 11.2 Å². The molecule has 0 aliphatic heterocycles. The first-order valence-corrected chi connectivity index (χ1v) is 8.17. The Morgan fingerprint density at radius 2 is 1.96 bits per heavy atom. The predicted molar refractivity (Wildman–Crippen MR) is 91.7 cm³/mol. The van der Waals surface area contributed by atoms with E-state index in [2.05, 4.69) is 16.5 Å². The number of nitrogens with zero attached hydrogens (tertiary/aromatic N) is 5. The van der Waals surface area contributed by atoms with Crippen molar-refractivity contribution in [3.05, 3.63) is 32.7 Å². The molecule has 0 spiro atoms. The number of hydrogen-bond acceptors (Lipinski definition) is 4. The number of unbranched alkanes of at least 4 members (excludes halogenated alkanes) is 1. The molecule has 0 aliphatic carbocycles. The van der Waals surface area contributed by atoms with Crippen LogP contribution in [0.4, 0.5) is 0 Å². The summed E-state index contributed by atoms with van der Waals surface area (Å²) < 4.78 is 11.5. The average molecular weight is 333 g/mol. The van der Waals surface area contributed by atoms with Crippen molar-refractivity contribution in [3.63, 3.8) is 0 Å². The van der Waals surface area contributed by atoms with Gasteiger partial charge in [0.05, 0.1) is 13.2 Å². The Kier molecular flexibility index (Phi) is 4.31. The van der Waals surface area contributed by atoms with Gasteiger partial charge in [-0.05, 0) is 13.3 Å². The van der Waals surface area contributed by atoms with Crippen molar-refractivity contribution in [2.45, 2.75) is 39.8 Å². The molecule has 0 N–H and O–H groups in total. The SMILES string of the molecule is CCCCn1c(C)cn2c3c(=O)n(CCOC)c(=O)n(C)c3nc12. The average Bonchev–Trinajstić information content (AvgIpc) is 3.06. The lowest BCUT2D eigenvalue weighted by molar-refractivity contribution is 0.184. The number of fused-ring (bicyclic) bond motifs is 3. The van der Waals surface area contributed by atoms with E-state index in [-0.39, 0.29) is 17.8 Å². The van der Waals surface area contributed by atoms with Crippen molar-refractivity contribution in [3.8, 4) is 0 Å². The number of aromatic nitrogens is 5. The van der Waals surface area contributed by atoms with Crippen LogP contribution in [0.5, 0.6) is 0 Å². The Hall–Kier alpha value is -2.35.